The minimum Gasteiger partial charge on any atom is -0.297 e. The molecule has 1 unspecified atom stereocenters. The Kier molecular flexibility index (Phi) is 7.56. The first-order chi connectivity index (χ1) is 17.6. The molecule has 36 heavy (non-hydrogen) atoms. The number of nitrogens with zero attached hydrogens (tertiary/aromatic N) is 6. The van der Waals surface area contributed by atoms with Crippen molar-refractivity contribution in [3.63, 3.8) is 0 Å². The number of tetrazole rings is 1. The second-order valence-electron chi connectivity index (χ2n) is 9.29. The zero-order valence-electron chi connectivity index (χ0n) is 20.8. The summed E-state index contributed by atoms with van der Waals surface area (Å²) in [5.41, 5.74) is 5.71. The van der Waals surface area contributed by atoms with Crippen LogP contribution in [-0.2, 0) is 0 Å². The van der Waals surface area contributed by atoms with Crippen molar-refractivity contribution < 1.29 is 0 Å². The van der Waals surface area contributed by atoms with Crippen molar-refractivity contribution in [1.29, 1.82) is 0 Å². The Balaban J connectivity index is 1.39. The van der Waals surface area contributed by atoms with Crippen LogP contribution < -0.4 is 0 Å². The number of aromatic nitrogens is 4. The molecule has 1 atom stereocenters. The minimum atomic E-state index is -0.0710. The highest BCUT2D eigenvalue weighted by Gasteiger charge is 2.31. The summed E-state index contributed by atoms with van der Waals surface area (Å²) in [4.78, 5) is 4.97. The molecule has 1 aromatic heterocycles. The predicted molar refractivity (Wildman–Crippen MR) is 145 cm³/mol. The van der Waals surface area contributed by atoms with Gasteiger partial charge in [-0.1, -0.05) is 84.4 Å². The summed E-state index contributed by atoms with van der Waals surface area (Å²) >= 11 is 6.24. The predicted octanol–water partition coefficient (Wildman–Crippen LogP) is 5.35. The Bertz CT molecular complexity index is 1290. The van der Waals surface area contributed by atoms with Crippen LogP contribution in [0.1, 0.15) is 34.1 Å². The topological polar surface area (TPSA) is 50.1 Å². The molecule has 1 aliphatic heterocycles. The number of hydrogen-bond donors (Lipinski definition) is 0. The lowest BCUT2D eigenvalue weighted by Crippen LogP contribution is -2.48. The average Bonchev–Trinajstić information content (AvgIpc) is 3.36. The number of para-hydroxylation sites is 1. The summed E-state index contributed by atoms with van der Waals surface area (Å²) in [5.74, 6) is 0.826. The Morgan fingerprint density at radius 1 is 0.861 bits per heavy atom. The van der Waals surface area contributed by atoms with E-state index in [2.05, 4.69) is 106 Å². The van der Waals surface area contributed by atoms with Crippen molar-refractivity contribution >= 4 is 17.7 Å². The quantitative estimate of drug-likeness (QED) is 0.343. The van der Waals surface area contributed by atoms with Gasteiger partial charge in [-0.3, -0.25) is 9.80 Å². The molecule has 1 fully saturated rings. The third kappa shape index (κ3) is 5.41. The summed E-state index contributed by atoms with van der Waals surface area (Å²) in [5, 5.41) is 13.8. The van der Waals surface area contributed by atoms with Crippen molar-refractivity contribution in [2.75, 3.05) is 32.7 Å². The van der Waals surface area contributed by atoms with Gasteiger partial charge in [0.1, 0.15) is 0 Å². The van der Waals surface area contributed by atoms with Crippen LogP contribution in [0.4, 0.5) is 0 Å². The van der Waals surface area contributed by atoms with Gasteiger partial charge in [-0.05, 0) is 58.7 Å². The number of halogens is 1. The third-order valence-electron chi connectivity index (χ3n) is 6.82. The molecule has 0 bridgehead atoms. The van der Waals surface area contributed by atoms with E-state index >= 15 is 0 Å². The number of rotatable bonds is 7. The second-order valence-corrected chi connectivity index (χ2v) is 9.73. The van der Waals surface area contributed by atoms with E-state index in [0.29, 0.717) is 0 Å². The largest absolute Gasteiger partial charge is 0.297 e. The molecule has 4 aromatic rings. The summed E-state index contributed by atoms with van der Waals surface area (Å²) in [6.45, 7) is 8.95. The highest BCUT2D eigenvalue weighted by Crippen LogP contribution is 2.31. The van der Waals surface area contributed by atoms with Crippen LogP contribution in [0.2, 0.25) is 5.02 Å². The highest BCUT2D eigenvalue weighted by atomic mass is 35.5. The minimum absolute atomic E-state index is 0.0710. The summed E-state index contributed by atoms with van der Waals surface area (Å²) in [6.07, 6.45) is 4.45. The van der Waals surface area contributed by atoms with E-state index in [1.807, 2.05) is 22.9 Å². The van der Waals surface area contributed by atoms with Gasteiger partial charge in [-0.15, -0.1) is 5.10 Å². The van der Waals surface area contributed by atoms with Gasteiger partial charge in [0, 0.05) is 37.7 Å². The smallest absolute Gasteiger partial charge is 0.178 e. The van der Waals surface area contributed by atoms with Crippen LogP contribution >= 0.6 is 11.6 Å². The lowest BCUT2D eigenvalue weighted by molar-refractivity contribution is 0.113. The lowest BCUT2D eigenvalue weighted by Gasteiger charge is -2.38. The molecule has 7 heteroatoms. The third-order valence-corrected chi connectivity index (χ3v) is 7.07. The summed E-state index contributed by atoms with van der Waals surface area (Å²) < 4.78 is 1.92. The number of aryl methyl sites for hydroxylation is 2. The van der Waals surface area contributed by atoms with Crippen molar-refractivity contribution in [2.24, 2.45) is 0 Å². The molecule has 0 aliphatic carbocycles. The van der Waals surface area contributed by atoms with Gasteiger partial charge < -0.3 is 0 Å². The molecular formula is C29H31ClN6. The zero-order valence-corrected chi connectivity index (χ0v) is 21.5. The Hall–Kier alpha value is -3.32. The summed E-state index contributed by atoms with van der Waals surface area (Å²) in [7, 11) is 0. The Labute approximate surface area is 217 Å². The molecule has 3 aromatic carbocycles. The van der Waals surface area contributed by atoms with Crippen molar-refractivity contribution in [3.05, 3.63) is 112 Å². The van der Waals surface area contributed by atoms with Crippen molar-refractivity contribution in [3.8, 4) is 5.69 Å². The monoisotopic (exact) mass is 498 g/mol. The molecule has 1 aliphatic rings. The van der Waals surface area contributed by atoms with Crippen LogP contribution in [0.3, 0.4) is 0 Å². The Morgan fingerprint density at radius 2 is 1.56 bits per heavy atom. The van der Waals surface area contributed by atoms with E-state index in [-0.39, 0.29) is 6.04 Å². The van der Waals surface area contributed by atoms with Gasteiger partial charge in [-0.25, -0.2) is 0 Å². The molecule has 184 valence electrons. The molecule has 5 rings (SSSR count). The Morgan fingerprint density at radius 3 is 2.25 bits per heavy atom. The zero-order chi connectivity index (χ0) is 24.9. The average molecular weight is 499 g/mol. The standard InChI is InChI=1S/C29H31ClN6/c1-22-8-6-9-23(2)27(22)36-29(31-32-33-36)28(25-13-15-26(30)16-14-25)35-20-18-34(19-21-35)17-7-12-24-10-4-3-5-11-24/h3-16,28H,17-21H2,1-2H3. The van der Waals surface area contributed by atoms with Crippen LogP contribution in [0.25, 0.3) is 11.8 Å². The van der Waals surface area contributed by atoms with E-state index in [1.165, 1.54) is 5.56 Å². The number of piperazine rings is 1. The van der Waals surface area contributed by atoms with Gasteiger partial charge in [0.2, 0.25) is 0 Å². The van der Waals surface area contributed by atoms with Gasteiger partial charge in [0.25, 0.3) is 0 Å². The maximum Gasteiger partial charge on any atom is 0.178 e. The normalized spacial score (nSPS) is 16.0. The van der Waals surface area contributed by atoms with Crippen LogP contribution in [0.5, 0.6) is 0 Å². The maximum atomic E-state index is 6.24. The van der Waals surface area contributed by atoms with Crippen molar-refractivity contribution in [1.82, 2.24) is 30.0 Å². The van der Waals surface area contributed by atoms with E-state index in [9.17, 15) is 0 Å². The van der Waals surface area contributed by atoms with Gasteiger partial charge in [0.05, 0.1) is 11.7 Å². The first-order valence-corrected chi connectivity index (χ1v) is 12.8. The molecular weight excluding hydrogens is 468 g/mol. The van der Waals surface area contributed by atoms with E-state index in [4.69, 9.17) is 11.6 Å². The second kappa shape index (κ2) is 11.2. The van der Waals surface area contributed by atoms with E-state index < -0.39 is 0 Å². The van der Waals surface area contributed by atoms with Gasteiger partial charge >= 0.3 is 0 Å². The molecule has 0 amide bonds. The van der Waals surface area contributed by atoms with Gasteiger partial charge in [0.15, 0.2) is 5.82 Å². The fourth-order valence-corrected chi connectivity index (χ4v) is 5.06. The summed E-state index contributed by atoms with van der Waals surface area (Å²) in [6, 6.07) is 24.7. The molecule has 2 heterocycles. The molecule has 0 saturated carbocycles. The lowest BCUT2D eigenvalue weighted by atomic mass is 10.0. The maximum absolute atomic E-state index is 6.24. The molecule has 6 nitrogen and oxygen atoms in total. The van der Waals surface area contributed by atoms with E-state index in [1.54, 1.807) is 0 Å². The van der Waals surface area contributed by atoms with E-state index in [0.717, 1.165) is 65.9 Å². The first-order valence-electron chi connectivity index (χ1n) is 12.4. The van der Waals surface area contributed by atoms with Crippen LogP contribution in [0.15, 0.2) is 78.9 Å². The molecule has 0 spiro atoms. The van der Waals surface area contributed by atoms with Crippen molar-refractivity contribution in [2.45, 2.75) is 19.9 Å². The van der Waals surface area contributed by atoms with Gasteiger partial charge in [-0.2, -0.15) is 4.68 Å². The SMILES string of the molecule is Cc1cccc(C)c1-n1nnnc1C(c1ccc(Cl)cc1)N1CCN(CC=Cc2ccccc2)CC1. The molecule has 0 N–H and O–H groups in total. The first kappa shape index (κ1) is 24.4. The van der Waals surface area contributed by atoms with Crippen LogP contribution in [-0.4, -0.2) is 62.7 Å². The fraction of sp³-hybridized carbons (Fsp3) is 0.276. The molecule has 1 saturated heterocycles. The van der Waals surface area contributed by atoms with Crippen LogP contribution in [0, 0.1) is 13.8 Å². The highest BCUT2D eigenvalue weighted by molar-refractivity contribution is 6.30. The number of hydrogen-bond acceptors (Lipinski definition) is 5. The fourth-order valence-electron chi connectivity index (χ4n) is 4.94. The number of benzene rings is 3. The molecule has 0 radical (unpaired) electrons.